The van der Waals surface area contributed by atoms with Crippen molar-refractivity contribution < 1.29 is 4.79 Å². The first-order chi connectivity index (χ1) is 9.38. The Kier molecular flexibility index (Phi) is 4.28. The van der Waals surface area contributed by atoms with E-state index in [2.05, 4.69) is 36.0 Å². The van der Waals surface area contributed by atoms with Crippen molar-refractivity contribution in [1.29, 1.82) is 0 Å². The van der Waals surface area contributed by atoms with Crippen LogP contribution in [0.5, 0.6) is 0 Å². The predicted octanol–water partition coefficient (Wildman–Crippen LogP) is 1.37. The molecule has 110 valence electrons. The number of nitrogens with zero attached hydrogens (tertiary/aromatic N) is 1. The highest BCUT2D eigenvalue weighted by molar-refractivity contribution is 5.93. The number of likely N-dealkylation sites (tertiary alicyclic amines) is 1. The Balaban J connectivity index is 1.92. The van der Waals surface area contributed by atoms with Gasteiger partial charge in [0.25, 0.3) is 5.91 Å². The van der Waals surface area contributed by atoms with E-state index in [0.717, 1.165) is 25.9 Å². The maximum absolute atomic E-state index is 12.1. The largest absolute Gasteiger partial charge is 0.367 e. The summed E-state index contributed by atoms with van der Waals surface area (Å²) >= 11 is 0. The monoisotopic (exact) mass is 277 g/mol. The number of amides is 1. The molecule has 1 saturated heterocycles. The average Bonchev–Trinajstić information content (AvgIpc) is 2.38. The van der Waals surface area contributed by atoms with E-state index < -0.39 is 0 Å². The lowest BCUT2D eigenvalue weighted by Crippen LogP contribution is -2.51. The van der Waals surface area contributed by atoms with Crippen molar-refractivity contribution in [2.45, 2.75) is 45.2 Å². The first-order valence-electron chi connectivity index (χ1n) is 7.11. The summed E-state index contributed by atoms with van der Waals surface area (Å²) in [7, 11) is 0. The standard InChI is InChI=1S/C15H23N3O2/c1-15(2,3)18-8-5-11(6-9-18)17-14(20)12-10-16-7-4-13(12)19/h4,7,10-11H,5-6,8-9H2,1-3H3,(H,16,19)(H,17,20). The molecule has 1 amide bonds. The highest BCUT2D eigenvalue weighted by atomic mass is 16.2. The van der Waals surface area contributed by atoms with Crippen LogP contribution in [0.2, 0.25) is 0 Å². The van der Waals surface area contributed by atoms with Gasteiger partial charge in [-0.05, 0) is 33.6 Å². The minimum atomic E-state index is -0.277. The van der Waals surface area contributed by atoms with Gasteiger partial charge in [-0.15, -0.1) is 0 Å². The molecule has 0 bridgehead atoms. The minimum Gasteiger partial charge on any atom is -0.367 e. The Hall–Kier alpha value is -1.62. The van der Waals surface area contributed by atoms with Gasteiger partial charge in [0.05, 0.1) is 0 Å². The number of carbonyl (C=O) groups is 1. The van der Waals surface area contributed by atoms with Gasteiger partial charge in [0.15, 0.2) is 5.43 Å². The summed E-state index contributed by atoms with van der Waals surface area (Å²) < 4.78 is 0. The van der Waals surface area contributed by atoms with E-state index in [1.54, 1.807) is 0 Å². The summed E-state index contributed by atoms with van der Waals surface area (Å²) in [5, 5.41) is 2.96. The normalized spacial score (nSPS) is 17.9. The summed E-state index contributed by atoms with van der Waals surface area (Å²) in [5.74, 6) is -0.277. The molecule has 0 saturated carbocycles. The highest BCUT2D eigenvalue weighted by Gasteiger charge is 2.27. The van der Waals surface area contributed by atoms with E-state index in [-0.39, 0.29) is 28.5 Å². The lowest BCUT2D eigenvalue weighted by Gasteiger charge is -2.41. The average molecular weight is 277 g/mol. The van der Waals surface area contributed by atoms with Crippen LogP contribution < -0.4 is 10.7 Å². The van der Waals surface area contributed by atoms with Crippen LogP contribution in [-0.2, 0) is 0 Å². The molecule has 1 aliphatic heterocycles. The number of aromatic amines is 1. The first-order valence-corrected chi connectivity index (χ1v) is 7.11. The Bertz CT molecular complexity index is 522. The molecule has 5 heteroatoms. The highest BCUT2D eigenvalue weighted by Crippen LogP contribution is 2.20. The lowest BCUT2D eigenvalue weighted by atomic mass is 9.98. The molecule has 0 radical (unpaired) electrons. The topological polar surface area (TPSA) is 65.2 Å². The SMILES string of the molecule is CC(C)(C)N1CCC(NC(=O)c2c[nH]ccc2=O)CC1. The van der Waals surface area contributed by atoms with Gasteiger partial charge in [0.1, 0.15) is 5.56 Å². The molecule has 1 aliphatic rings. The van der Waals surface area contributed by atoms with E-state index >= 15 is 0 Å². The lowest BCUT2D eigenvalue weighted by molar-refractivity contribution is 0.0811. The molecule has 2 rings (SSSR count). The van der Waals surface area contributed by atoms with E-state index in [1.807, 2.05) is 0 Å². The van der Waals surface area contributed by atoms with Gasteiger partial charge in [-0.1, -0.05) is 0 Å². The number of hydrogen-bond donors (Lipinski definition) is 2. The summed E-state index contributed by atoms with van der Waals surface area (Å²) in [5.41, 5.74) is 0.116. The van der Waals surface area contributed by atoms with Crippen LogP contribution in [0.1, 0.15) is 44.0 Å². The Morgan fingerprint density at radius 3 is 2.55 bits per heavy atom. The second-order valence-corrected chi connectivity index (χ2v) is 6.33. The Labute approximate surface area is 119 Å². The van der Waals surface area contributed by atoms with Crippen LogP contribution in [0.25, 0.3) is 0 Å². The van der Waals surface area contributed by atoms with Gasteiger partial charge in [-0.2, -0.15) is 0 Å². The number of nitrogens with one attached hydrogen (secondary N) is 2. The third kappa shape index (κ3) is 3.48. The number of carbonyl (C=O) groups excluding carboxylic acids is 1. The molecule has 0 spiro atoms. The molecule has 1 aromatic rings. The van der Waals surface area contributed by atoms with Gasteiger partial charge < -0.3 is 10.3 Å². The second kappa shape index (κ2) is 5.79. The smallest absolute Gasteiger partial charge is 0.256 e. The Morgan fingerprint density at radius 2 is 2.00 bits per heavy atom. The van der Waals surface area contributed by atoms with Crippen LogP contribution >= 0.6 is 0 Å². The van der Waals surface area contributed by atoms with Gasteiger partial charge in [-0.3, -0.25) is 14.5 Å². The zero-order valence-electron chi connectivity index (χ0n) is 12.4. The second-order valence-electron chi connectivity index (χ2n) is 6.33. The third-order valence-electron chi connectivity index (χ3n) is 3.85. The molecule has 0 aromatic carbocycles. The summed E-state index contributed by atoms with van der Waals surface area (Å²) in [4.78, 5) is 28.9. The maximum atomic E-state index is 12.1. The van der Waals surface area contributed by atoms with Crippen LogP contribution in [0.15, 0.2) is 23.3 Å². The predicted molar refractivity (Wildman–Crippen MR) is 78.9 cm³/mol. The molecule has 0 aliphatic carbocycles. The molecule has 5 nitrogen and oxygen atoms in total. The first kappa shape index (κ1) is 14.8. The fraction of sp³-hybridized carbons (Fsp3) is 0.600. The number of H-pyrrole nitrogens is 1. The van der Waals surface area contributed by atoms with E-state index in [0.29, 0.717) is 0 Å². The third-order valence-corrected chi connectivity index (χ3v) is 3.85. The van der Waals surface area contributed by atoms with Gasteiger partial charge in [0.2, 0.25) is 0 Å². The van der Waals surface area contributed by atoms with Gasteiger partial charge >= 0.3 is 0 Å². The molecule has 1 fully saturated rings. The molecule has 2 N–H and O–H groups in total. The summed E-state index contributed by atoms with van der Waals surface area (Å²) in [6.45, 7) is 8.56. The number of piperidine rings is 1. The Morgan fingerprint density at radius 1 is 1.35 bits per heavy atom. The number of pyridine rings is 1. The van der Waals surface area contributed by atoms with Gasteiger partial charge in [0, 0.05) is 43.1 Å². The molecule has 2 heterocycles. The minimum absolute atomic E-state index is 0.153. The van der Waals surface area contributed by atoms with Crippen molar-refractivity contribution in [3.8, 4) is 0 Å². The van der Waals surface area contributed by atoms with Crippen molar-refractivity contribution in [1.82, 2.24) is 15.2 Å². The molecule has 0 atom stereocenters. The quantitative estimate of drug-likeness (QED) is 0.858. The fourth-order valence-corrected chi connectivity index (χ4v) is 2.55. The number of rotatable bonds is 2. The number of hydrogen-bond acceptors (Lipinski definition) is 3. The van der Waals surface area contributed by atoms with Crippen molar-refractivity contribution in [3.63, 3.8) is 0 Å². The molecular weight excluding hydrogens is 254 g/mol. The zero-order valence-corrected chi connectivity index (χ0v) is 12.4. The number of aromatic nitrogens is 1. The van der Waals surface area contributed by atoms with Crippen LogP contribution in [-0.4, -0.2) is 40.5 Å². The van der Waals surface area contributed by atoms with E-state index in [4.69, 9.17) is 0 Å². The maximum Gasteiger partial charge on any atom is 0.256 e. The molecule has 0 unspecified atom stereocenters. The van der Waals surface area contributed by atoms with E-state index in [9.17, 15) is 9.59 Å². The van der Waals surface area contributed by atoms with Crippen LogP contribution in [0.4, 0.5) is 0 Å². The van der Waals surface area contributed by atoms with Crippen molar-refractivity contribution >= 4 is 5.91 Å². The van der Waals surface area contributed by atoms with Gasteiger partial charge in [-0.25, -0.2) is 0 Å². The van der Waals surface area contributed by atoms with E-state index in [1.165, 1.54) is 18.5 Å². The van der Waals surface area contributed by atoms with Crippen molar-refractivity contribution in [2.75, 3.05) is 13.1 Å². The summed E-state index contributed by atoms with van der Waals surface area (Å²) in [6.07, 6.45) is 4.84. The fourth-order valence-electron chi connectivity index (χ4n) is 2.55. The summed E-state index contributed by atoms with van der Waals surface area (Å²) in [6, 6.07) is 1.53. The zero-order chi connectivity index (χ0) is 14.8. The molecule has 20 heavy (non-hydrogen) atoms. The van der Waals surface area contributed by atoms with Crippen LogP contribution in [0.3, 0.4) is 0 Å². The van der Waals surface area contributed by atoms with Crippen molar-refractivity contribution in [3.05, 3.63) is 34.2 Å². The molecular formula is C15H23N3O2. The van der Waals surface area contributed by atoms with Crippen LogP contribution in [0, 0.1) is 0 Å². The van der Waals surface area contributed by atoms with Crippen molar-refractivity contribution in [2.24, 2.45) is 0 Å². The molecule has 1 aromatic heterocycles.